The molecule has 0 atom stereocenters. The van der Waals surface area contributed by atoms with Crippen LogP contribution in [0, 0.1) is 0 Å². The molecule has 24 heavy (non-hydrogen) atoms. The van der Waals surface area contributed by atoms with Gasteiger partial charge in [0.25, 0.3) is 0 Å². The molecule has 0 bridgehead atoms. The third kappa shape index (κ3) is 4.35. The smallest absolute Gasteiger partial charge is 0.246 e. The summed E-state index contributed by atoms with van der Waals surface area (Å²) < 4.78 is 0.904. The van der Waals surface area contributed by atoms with Crippen LogP contribution in [-0.4, -0.2) is 18.4 Å². The second kappa shape index (κ2) is 7.49. The van der Waals surface area contributed by atoms with Gasteiger partial charge in [0, 0.05) is 15.8 Å². The Balaban J connectivity index is 1.55. The van der Waals surface area contributed by atoms with Crippen molar-refractivity contribution in [3.63, 3.8) is 0 Å². The van der Waals surface area contributed by atoms with E-state index in [0.717, 1.165) is 28.7 Å². The normalized spacial score (nSPS) is 13.5. The minimum Gasteiger partial charge on any atom is -0.370 e. The van der Waals surface area contributed by atoms with E-state index in [9.17, 15) is 4.79 Å². The summed E-state index contributed by atoms with van der Waals surface area (Å²) in [7, 11) is 0. The molecule has 4 N–H and O–H groups in total. The Bertz CT molecular complexity index is 788. The van der Waals surface area contributed by atoms with Crippen LogP contribution in [-0.2, 0) is 17.6 Å². The third-order valence-corrected chi connectivity index (χ3v) is 4.37. The summed E-state index contributed by atoms with van der Waals surface area (Å²) in [6, 6.07) is 13.6. The van der Waals surface area contributed by atoms with Gasteiger partial charge in [-0.05, 0) is 60.7 Å². The number of hydrogen-bond acceptors (Lipinski definition) is 2. The second-order valence-electron chi connectivity index (χ2n) is 5.72. The van der Waals surface area contributed by atoms with Gasteiger partial charge in [-0.1, -0.05) is 28.1 Å². The highest BCUT2D eigenvalue weighted by atomic mass is 79.9. The highest BCUT2D eigenvalue weighted by Gasteiger charge is 2.11. The van der Waals surface area contributed by atoms with Gasteiger partial charge >= 0.3 is 0 Å². The molecular weight excluding hydrogens is 368 g/mol. The van der Waals surface area contributed by atoms with E-state index in [1.54, 1.807) is 0 Å². The van der Waals surface area contributed by atoms with E-state index in [2.05, 4.69) is 43.7 Å². The van der Waals surface area contributed by atoms with Crippen molar-refractivity contribution in [1.82, 2.24) is 0 Å². The fourth-order valence-corrected chi connectivity index (χ4v) is 3.16. The van der Waals surface area contributed by atoms with Crippen LogP contribution >= 0.6 is 15.9 Å². The van der Waals surface area contributed by atoms with Crippen LogP contribution in [0.1, 0.15) is 17.5 Å². The van der Waals surface area contributed by atoms with Crippen molar-refractivity contribution in [2.24, 2.45) is 10.7 Å². The molecule has 0 aromatic heterocycles. The molecule has 0 saturated carbocycles. The summed E-state index contributed by atoms with van der Waals surface area (Å²) in [5.41, 5.74) is 10.3. The molecule has 6 heteroatoms. The molecule has 2 aromatic carbocycles. The zero-order chi connectivity index (χ0) is 16.9. The first-order valence-corrected chi connectivity index (χ1v) is 8.63. The van der Waals surface area contributed by atoms with Gasteiger partial charge in [0.2, 0.25) is 5.91 Å². The van der Waals surface area contributed by atoms with Gasteiger partial charge in [-0.3, -0.25) is 4.79 Å². The molecule has 1 amide bonds. The third-order valence-electron chi connectivity index (χ3n) is 3.87. The van der Waals surface area contributed by atoms with E-state index in [1.165, 1.54) is 17.5 Å². The van der Waals surface area contributed by atoms with Gasteiger partial charge in [0.1, 0.15) is 6.54 Å². The van der Waals surface area contributed by atoms with Crippen molar-refractivity contribution in [3.8, 4) is 0 Å². The van der Waals surface area contributed by atoms with Crippen molar-refractivity contribution in [2.75, 3.05) is 17.2 Å². The number of aryl methyl sites for hydroxylation is 2. The fourth-order valence-electron chi connectivity index (χ4n) is 2.76. The van der Waals surface area contributed by atoms with Crippen LogP contribution in [0.4, 0.5) is 11.4 Å². The Morgan fingerprint density at radius 2 is 1.88 bits per heavy atom. The molecule has 0 saturated heterocycles. The predicted molar refractivity (Wildman–Crippen MR) is 101 cm³/mol. The van der Waals surface area contributed by atoms with Crippen LogP contribution in [0.5, 0.6) is 0 Å². The maximum atomic E-state index is 11.9. The van der Waals surface area contributed by atoms with Gasteiger partial charge in [0.05, 0.1) is 0 Å². The van der Waals surface area contributed by atoms with Crippen LogP contribution in [0.3, 0.4) is 0 Å². The lowest BCUT2D eigenvalue weighted by atomic mass is 10.1. The molecule has 1 aliphatic carbocycles. The summed E-state index contributed by atoms with van der Waals surface area (Å²) in [4.78, 5) is 16.0. The maximum Gasteiger partial charge on any atom is 0.246 e. The number of aliphatic imine (C=N–C) groups is 1. The molecule has 0 unspecified atom stereocenters. The van der Waals surface area contributed by atoms with Crippen molar-refractivity contribution < 1.29 is 4.79 Å². The summed E-state index contributed by atoms with van der Waals surface area (Å²) in [5.74, 6) is 0.0177. The lowest BCUT2D eigenvalue weighted by molar-refractivity contribution is -0.114. The van der Waals surface area contributed by atoms with Gasteiger partial charge in [-0.2, -0.15) is 0 Å². The van der Waals surface area contributed by atoms with E-state index in [0.29, 0.717) is 0 Å². The lowest BCUT2D eigenvalue weighted by Gasteiger charge is -2.08. The van der Waals surface area contributed by atoms with Gasteiger partial charge in [0.15, 0.2) is 5.96 Å². The molecule has 0 heterocycles. The molecule has 2 aromatic rings. The summed E-state index contributed by atoms with van der Waals surface area (Å²) in [5, 5.41) is 5.82. The minimum absolute atomic E-state index is 0.0315. The molecule has 5 nitrogen and oxygen atoms in total. The van der Waals surface area contributed by atoms with Crippen molar-refractivity contribution in [3.05, 3.63) is 58.1 Å². The Labute approximate surface area is 149 Å². The predicted octanol–water partition coefficient (Wildman–Crippen LogP) is 3.30. The minimum atomic E-state index is -0.216. The van der Waals surface area contributed by atoms with E-state index in [-0.39, 0.29) is 18.4 Å². The fraction of sp³-hybridized carbons (Fsp3) is 0.222. The van der Waals surface area contributed by atoms with Crippen molar-refractivity contribution >= 4 is 39.2 Å². The number of carbonyl (C=O) groups is 1. The number of anilines is 2. The average Bonchev–Trinajstić information content (AvgIpc) is 3.00. The maximum absolute atomic E-state index is 11.9. The van der Waals surface area contributed by atoms with Gasteiger partial charge in [-0.25, -0.2) is 4.99 Å². The number of amides is 1. The molecule has 0 fully saturated rings. The number of benzene rings is 2. The quantitative estimate of drug-likeness (QED) is 0.556. The highest BCUT2D eigenvalue weighted by Crippen LogP contribution is 2.24. The zero-order valence-electron chi connectivity index (χ0n) is 13.2. The Kier molecular flexibility index (Phi) is 5.15. The zero-order valence-corrected chi connectivity index (χ0v) is 14.8. The monoisotopic (exact) mass is 386 g/mol. The first kappa shape index (κ1) is 16.5. The Morgan fingerprint density at radius 1 is 1.08 bits per heavy atom. The highest BCUT2D eigenvalue weighted by molar-refractivity contribution is 9.10. The van der Waals surface area contributed by atoms with E-state index in [1.807, 2.05) is 30.3 Å². The first-order valence-electron chi connectivity index (χ1n) is 7.84. The largest absolute Gasteiger partial charge is 0.370 e. The van der Waals surface area contributed by atoms with E-state index < -0.39 is 0 Å². The molecular formula is C18H19BrN4O. The Hall–Kier alpha value is -2.34. The molecule has 0 radical (unpaired) electrons. The number of hydrogen-bond donors (Lipinski definition) is 3. The number of carbonyl (C=O) groups excluding carboxylic acids is 1. The Morgan fingerprint density at radius 3 is 2.71 bits per heavy atom. The van der Waals surface area contributed by atoms with E-state index in [4.69, 9.17) is 5.73 Å². The summed E-state index contributed by atoms with van der Waals surface area (Å²) >= 11 is 3.36. The van der Waals surface area contributed by atoms with Gasteiger partial charge in [-0.15, -0.1) is 0 Å². The first-order chi connectivity index (χ1) is 11.6. The van der Waals surface area contributed by atoms with Gasteiger partial charge < -0.3 is 16.4 Å². The van der Waals surface area contributed by atoms with Crippen LogP contribution < -0.4 is 16.4 Å². The number of nitrogens with one attached hydrogen (secondary N) is 2. The van der Waals surface area contributed by atoms with Crippen molar-refractivity contribution in [2.45, 2.75) is 19.3 Å². The van der Waals surface area contributed by atoms with Crippen LogP contribution in [0.2, 0.25) is 0 Å². The molecule has 0 aliphatic heterocycles. The molecule has 1 aliphatic rings. The molecule has 0 spiro atoms. The molecule has 124 valence electrons. The topological polar surface area (TPSA) is 79.5 Å². The summed E-state index contributed by atoms with van der Waals surface area (Å²) in [6.45, 7) is -0.0315. The number of nitrogens with zero attached hydrogens (tertiary/aromatic N) is 1. The van der Waals surface area contributed by atoms with E-state index >= 15 is 0 Å². The number of rotatable bonds is 4. The number of guanidine groups is 1. The van der Waals surface area contributed by atoms with Crippen LogP contribution in [0.25, 0.3) is 0 Å². The second-order valence-corrected chi connectivity index (χ2v) is 6.64. The summed E-state index contributed by atoms with van der Waals surface area (Å²) in [6.07, 6.45) is 3.46. The van der Waals surface area contributed by atoms with Crippen LogP contribution in [0.15, 0.2) is 51.9 Å². The number of nitrogens with two attached hydrogens (primary N) is 1. The molecule has 3 rings (SSSR count). The van der Waals surface area contributed by atoms with Crippen molar-refractivity contribution in [1.29, 1.82) is 0 Å². The number of halogens is 1. The number of fused-ring (bicyclic) bond motifs is 1. The standard InChI is InChI=1S/C18H19BrN4O/c19-14-5-2-6-15(10-14)22-17(24)11-21-18(20)23-16-8-7-12-3-1-4-13(12)9-16/h2,5-10H,1,3-4,11H2,(H,22,24)(H3,20,21,23). The lowest BCUT2D eigenvalue weighted by Crippen LogP contribution is -2.25. The average molecular weight is 387 g/mol. The SMILES string of the molecule is NC(=NCC(=O)Nc1cccc(Br)c1)Nc1ccc2c(c1)CCC2.